The molecule has 4 heteroatoms. The fourth-order valence-electron chi connectivity index (χ4n) is 2.48. The fraction of sp³-hybridized carbons (Fsp3) is 0.125. The lowest BCUT2D eigenvalue weighted by Crippen LogP contribution is -2.00. The molecule has 1 aliphatic heterocycles. The van der Waals surface area contributed by atoms with E-state index in [1.165, 1.54) is 11.1 Å². The topological polar surface area (TPSA) is 30.7 Å². The first-order chi connectivity index (χ1) is 9.90. The van der Waals surface area contributed by atoms with Gasteiger partial charge in [-0.15, -0.1) is 11.8 Å². The molecule has 3 nitrogen and oxygen atoms in total. The zero-order chi connectivity index (χ0) is 13.4. The maximum Gasteiger partial charge on any atom is 0.106 e. The Morgan fingerprint density at radius 1 is 1.10 bits per heavy atom. The second-order valence-electron chi connectivity index (χ2n) is 4.83. The van der Waals surface area contributed by atoms with Gasteiger partial charge in [-0.3, -0.25) is 4.68 Å². The quantitative estimate of drug-likeness (QED) is 0.718. The van der Waals surface area contributed by atoms with Gasteiger partial charge in [0.05, 0.1) is 12.2 Å². The molecule has 0 amide bonds. The molecule has 0 bridgehead atoms. The zero-order valence-corrected chi connectivity index (χ0v) is 11.7. The highest BCUT2D eigenvalue weighted by atomic mass is 32.2. The second-order valence-corrected chi connectivity index (χ2v) is 5.79. The lowest BCUT2D eigenvalue weighted by molar-refractivity contribution is 0.688. The number of aromatic nitrogens is 3. The van der Waals surface area contributed by atoms with E-state index < -0.39 is 0 Å². The predicted molar refractivity (Wildman–Crippen MR) is 80.6 cm³/mol. The Kier molecular flexibility index (Phi) is 2.81. The summed E-state index contributed by atoms with van der Waals surface area (Å²) in [6.45, 7) is 0.814. The molecule has 98 valence electrons. The van der Waals surface area contributed by atoms with Gasteiger partial charge in [0.15, 0.2) is 0 Å². The maximum atomic E-state index is 4.75. The molecule has 0 saturated heterocycles. The van der Waals surface area contributed by atoms with E-state index in [4.69, 9.17) is 5.10 Å². The lowest BCUT2D eigenvalue weighted by Gasteiger charge is -2.12. The number of benzene rings is 1. The van der Waals surface area contributed by atoms with E-state index in [9.17, 15) is 0 Å². The molecule has 3 aromatic rings. The molecule has 0 N–H and O–H groups in total. The number of thioether (sulfide) groups is 1. The molecule has 4 rings (SSSR count). The molecule has 0 saturated carbocycles. The molecule has 0 fully saturated rings. The first-order valence-electron chi connectivity index (χ1n) is 6.58. The maximum absolute atomic E-state index is 4.75. The van der Waals surface area contributed by atoms with Gasteiger partial charge >= 0.3 is 0 Å². The second kappa shape index (κ2) is 4.80. The number of hydrogen-bond acceptors (Lipinski definition) is 3. The Morgan fingerprint density at radius 3 is 2.90 bits per heavy atom. The van der Waals surface area contributed by atoms with Gasteiger partial charge < -0.3 is 0 Å². The lowest BCUT2D eigenvalue weighted by atomic mass is 10.1. The van der Waals surface area contributed by atoms with Crippen LogP contribution in [0.1, 0.15) is 11.1 Å². The third-order valence-corrected chi connectivity index (χ3v) is 4.47. The van der Waals surface area contributed by atoms with Crippen LogP contribution < -0.4 is 0 Å². The third kappa shape index (κ3) is 2.02. The number of nitrogens with zero attached hydrogens (tertiary/aromatic N) is 3. The highest BCUT2D eigenvalue weighted by Crippen LogP contribution is 2.38. The number of hydrogen-bond donors (Lipinski definition) is 0. The van der Waals surface area contributed by atoms with Crippen LogP contribution in [0.25, 0.3) is 11.3 Å². The summed E-state index contributed by atoms with van der Waals surface area (Å²) < 4.78 is 2.03. The largest absolute Gasteiger partial charge is 0.267 e. The minimum absolute atomic E-state index is 0.814. The molecule has 0 radical (unpaired) electrons. The zero-order valence-electron chi connectivity index (χ0n) is 10.9. The number of rotatable bonds is 2. The molecular formula is C16H13N3S. The van der Waals surface area contributed by atoms with Crippen LogP contribution in [0.4, 0.5) is 0 Å². The van der Waals surface area contributed by atoms with Crippen LogP contribution in [0.15, 0.2) is 59.9 Å². The van der Waals surface area contributed by atoms with Crippen LogP contribution in [-0.2, 0) is 12.3 Å². The normalized spacial score (nSPS) is 12.8. The van der Waals surface area contributed by atoms with Crippen LogP contribution in [0.3, 0.4) is 0 Å². The Bertz CT molecular complexity index is 749. The van der Waals surface area contributed by atoms with E-state index in [1.54, 1.807) is 11.8 Å². The number of fused-ring (bicyclic) bond motifs is 3. The highest BCUT2D eigenvalue weighted by molar-refractivity contribution is 7.98. The first-order valence-corrected chi connectivity index (χ1v) is 7.57. The molecule has 0 aliphatic carbocycles. The van der Waals surface area contributed by atoms with Gasteiger partial charge in [0, 0.05) is 29.3 Å². The number of pyridine rings is 1. The van der Waals surface area contributed by atoms with Gasteiger partial charge in [-0.05, 0) is 17.7 Å². The van der Waals surface area contributed by atoms with Crippen LogP contribution in [0.5, 0.6) is 0 Å². The monoisotopic (exact) mass is 279 g/mol. The van der Waals surface area contributed by atoms with Crippen molar-refractivity contribution in [3.8, 4) is 11.3 Å². The van der Waals surface area contributed by atoms with E-state index in [0.29, 0.717) is 0 Å². The van der Waals surface area contributed by atoms with E-state index in [-0.39, 0.29) is 0 Å². The van der Waals surface area contributed by atoms with E-state index in [1.807, 2.05) is 23.0 Å². The summed E-state index contributed by atoms with van der Waals surface area (Å²) in [6.07, 6.45) is 4.00. The van der Waals surface area contributed by atoms with Gasteiger partial charge in [0.25, 0.3) is 0 Å². The predicted octanol–water partition coefficient (Wildman–Crippen LogP) is 3.60. The van der Waals surface area contributed by atoms with Crippen LogP contribution in [-0.4, -0.2) is 14.8 Å². The van der Waals surface area contributed by atoms with Crippen molar-refractivity contribution in [3.63, 3.8) is 0 Å². The fourth-order valence-corrected chi connectivity index (χ4v) is 3.44. The molecule has 0 spiro atoms. The molecule has 20 heavy (non-hydrogen) atoms. The van der Waals surface area contributed by atoms with Crippen molar-refractivity contribution < 1.29 is 0 Å². The summed E-state index contributed by atoms with van der Waals surface area (Å²) in [5.74, 6) is 0.953. The van der Waals surface area contributed by atoms with E-state index in [2.05, 4.69) is 41.5 Å². The van der Waals surface area contributed by atoms with Crippen molar-refractivity contribution in [2.75, 3.05) is 0 Å². The van der Waals surface area contributed by atoms with E-state index in [0.717, 1.165) is 28.6 Å². The molecule has 2 aromatic heterocycles. The summed E-state index contributed by atoms with van der Waals surface area (Å²) in [6, 6.07) is 14.5. The third-order valence-electron chi connectivity index (χ3n) is 3.42. The molecule has 3 heterocycles. The molecule has 0 atom stereocenters. The van der Waals surface area contributed by atoms with Crippen LogP contribution in [0, 0.1) is 0 Å². The smallest absolute Gasteiger partial charge is 0.106 e. The molecule has 1 aliphatic rings. The van der Waals surface area contributed by atoms with Gasteiger partial charge in [0.1, 0.15) is 5.03 Å². The molecule has 1 aromatic carbocycles. The van der Waals surface area contributed by atoms with Crippen molar-refractivity contribution in [1.82, 2.24) is 14.8 Å². The SMILES string of the molecule is c1ccc(Cn2cc3c(n2)-c2cccnc2SC3)cc1. The minimum Gasteiger partial charge on any atom is -0.267 e. The Morgan fingerprint density at radius 2 is 2.00 bits per heavy atom. The summed E-state index contributed by atoms with van der Waals surface area (Å²) in [7, 11) is 0. The summed E-state index contributed by atoms with van der Waals surface area (Å²) >= 11 is 1.79. The Balaban J connectivity index is 1.72. The van der Waals surface area contributed by atoms with Crippen LogP contribution >= 0.6 is 11.8 Å². The van der Waals surface area contributed by atoms with Crippen molar-refractivity contribution in [1.29, 1.82) is 0 Å². The van der Waals surface area contributed by atoms with Gasteiger partial charge in [-0.2, -0.15) is 5.10 Å². The Labute approximate surface area is 121 Å². The first kappa shape index (κ1) is 11.7. The molecule has 0 unspecified atom stereocenters. The standard InChI is InChI=1S/C16H13N3S/c1-2-5-12(6-3-1)9-19-10-13-11-20-16-14(15(13)18-19)7-4-8-17-16/h1-8,10H,9,11H2. The minimum atomic E-state index is 0.814. The van der Waals surface area contributed by atoms with Crippen molar-refractivity contribution >= 4 is 11.8 Å². The van der Waals surface area contributed by atoms with Crippen molar-refractivity contribution in [3.05, 3.63) is 66.0 Å². The van der Waals surface area contributed by atoms with Crippen LogP contribution in [0.2, 0.25) is 0 Å². The van der Waals surface area contributed by atoms with Gasteiger partial charge in [-0.25, -0.2) is 4.98 Å². The van der Waals surface area contributed by atoms with Crippen molar-refractivity contribution in [2.45, 2.75) is 17.3 Å². The molecular weight excluding hydrogens is 266 g/mol. The summed E-state index contributed by atoms with van der Waals surface area (Å²) in [5.41, 5.74) is 4.81. The summed E-state index contributed by atoms with van der Waals surface area (Å²) in [5, 5.41) is 5.84. The van der Waals surface area contributed by atoms with Crippen molar-refractivity contribution in [2.24, 2.45) is 0 Å². The summed E-state index contributed by atoms with van der Waals surface area (Å²) in [4.78, 5) is 4.43. The average molecular weight is 279 g/mol. The van der Waals surface area contributed by atoms with E-state index >= 15 is 0 Å². The average Bonchev–Trinajstić information content (AvgIpc) is 2.91. The van der Waals surface area contributed by atoms with Gasteiger partial charge in [-0.1, -0.05) is 30.3 Å². The Hall–Kier alpha value is -2.07. The highest BCUT2D eigenvalue weighted by Gasteiger charge is 2.20. The van der Waals surface area contributed by atoms with Gasteiger partial charge in [0.2, 0.25) is 0 Å².